The maximum atomic E-state index is 14.2. The third kappa shape index (κ3) is 5.63. The molecule has 0 unspecified atom stereocenters. The van der Waals surface area contributed by atoms with Gasteiger partial charge >= 0.3 is 12.1 Å². The number of halogens is 2. The molecule has 148 valence electrons. The first-order chi connectivity index (χ1) is 12.8. The fourth-order valence-electron chi connectivity index (χ4n) is 2.76. The summed E-state index contributed by atoms with van der Waals surface area (Å²) in [5.41, 5.74) is -0.192. The van der Waals surface area contributed by atoms with Crippen molar-refractivity contribution in [2.75, 3.05) is 19.7 Å². The van der Waals surface area contributed by atoms with Crippen molar-refractivity contribution in [1.29, 1.82) is 0 Å². The summed E-state index contributed by atoms with van der Waals surface area (Å²) in [6.07, 6.45) is -1.33. The van der Waals surface area contributed by atoms with Crippen molar-refractivity contribution in [1.82, 2.24) is 4.90 Å². The Labute approximate surface area is 154 Å². The monoisotopic (exact) mass is 385 g/mol. The minimum Gasteiger partial charge on any atom is -0.484 e. The molecular weight excluding hydrogens is 364 g/mol. The molecular formula is C18H21F2NO6. The van der Waals surface area contributed by atoms with E-state index in [2.05, 4.69) is 0 Å². The highest BCUT2D eigenvalue weighted by molar-refractivity contribution is 5.97. The van der Waals surface area contributed by atoms with Crippen LogP contribution in [0, 0.1) is 11.6 Å². The number of rotatable bonds is 7. The Kier molecular flexibility index (Phi) is 7.09. The second-order valence-corrected chi connectivity index (χ2v) is 6.08. The second kappa shape index (κ2) is 9.29. The van der Waals surface area contributed by atoms with E-state index in [0.717, 1.165) is 12.1 Å². The number of carbonyl (C=O) groups is 3. The molecule has 0 radical (unpaired) electrons. The molecule has 0 atom stereocenters. The van der Waals surface area contributed by atoms with Crippen LogP contribution in [0.1, 0.15) is 43.0 Å². The normalized spacial score (nSPS) is 14.7. The van der Waals surface area contributed by atoms with Gasteiger partial charge in [-0.05, 0) is 19.1 Å². The van der Waals surface area contributed by atoms with Crippen LogP contribution in [0.4, 0.5) is 13.6 Å². The predicted molar refractivity (Wildman–Crippen MR) is 89.8 cm³/mol. The topological polar surface area (TPSA) is 93.1 Å². The maximum absolute atomic E-state index is 14.2. The van der Waals surface area contributed by atoms with Crippen molar-refractivity contribution in [3.8, 4) is 5.75 Å². The van der Waals surface area contributed by atoms with Crippen LogP contribution in [0.3, 0.4) is 0 Å². The standard InChI is InChI=1S/C18H21F2NO6/c1-2-26-16(23)4-3-15(22)11-9-13(19)17(14(20)10-11)27-12-5-7-21(8-6-12)18(24)25/h9-10,12H,2-8H2,1H3,(H,24,25). The molecule has 1 amide bonds. The minimum absolute atomic E-state index is 0.170. The molecule has 1 saturated heterocycles. The first-order valence-corrected chi connectivity index (χ1v) is 8.64. The molecule has 0 aromatic heterocycles. The van der Waals surface area contributed by atoms with E-state index < -0.39 is 41.3 Å². The molecule has 0 aliphatic carbocycles. The van der Waals surface area contributed by atoms with Gasteiger partial charge in [0.25, 0.3) is 0 Å². The molecule has 1 aromatic carbocycles. The smallest absolute Gasteiger partial charge is 0.407 e. The van der Waals surface area contributed by atoms with Crippen molar-refractivity contribution < 1.29 is 37.7 Å². The van der Waals surface area contributed by atoms with Crippen molar-refractivity contribution in [2.24, 2.45) is 0 Å². The average Bonchev–Trinajstić information content (AvgIpc) is 2.63. The summed E-state index contributed by atoms with van der Waals surface area (Å²) in [7, 11) is 0. The van der Waals surface area contributed by atoms with Crippen LogP contribution in [0.15, 0.2) is 12.1 Å². The second-order valence-electron chi connectivity index (χ2n) is 6.08. The lowest BCUT2D eigenvalue weighted by Crippen LogP contribution is -2.41. The third-order valence-electron chi connectivity index (χ3n) is 4.18. The molecule has 7 nitrogen and oxygen atoms in total. The van der Waals surface area contributed by atoms with Crippen LogP contribution in [0.25, 0.3) is 0 Å². The van der Waals surface area contributed by atoms with Crippen molar-refractivity contribution >= 4 is 17.8 Å². The summed E-state index contributed by atoms with van der Waals surface area (Å²) < 4.78 is 38.5. The van der Waals surface area contributed by atoms with E-state index in [-0.39, 0.29) is 38.1 Å². The summed E-state index contributed by atoms with van der Waals surface area (Å²) in [5.74, 6) is -3.77. The zero-order valence-electron chi connectivity index (χ0n) is 14.9. The van der Waals surface area contributed by atoms with E-state index in [1.165, 1.54) is 4.90 Å². The van der Waals surface area contributed by atoms with Gasteiger partial charge in [0.15, 0.2) is 23.2 Å². The van der Waals surface area contributed by atoms with Gasteiger partial charge in [0.05, 0.1) is 13.0 Å². The zero-order valence-corrected chi connectivity index (χ0v) is 14.9. The van der Waals surface area contributed by atoms with Gasteiger partial charge < -0.3 is 19.5 Å². The fraction of sp³-hybridized carbons (Fsp3) is 0.500. The summed E-state index contributed by atoms with van der Waals surface area (Å²) in [6, 6.07) is 1.75. The van der Waals surface area contributed by atoms with E-state index in [0.29, 0.717) is 12.8 Å². The lowest BCUT2D eigenvalue weighted by atomic mass is 10.1. The number of amides is 1. The molecule has 0 spiro atoms. The van der Waals surface area contributed by atoms with E-state index in [9.17, 15) is 23.2 Å². The number of esters is 1. The Morgan fingerprint density at radius 2 is 1.74 bits per heavy atom. The van der Waals surface area contributed by atoms with Crippen molar-refractivity contribution in [3.05, 3.63) is 29.3 Å². The van der Waals surface area contributed by atoms with Gasteiger partial charge in [0.1, 0.15) is 6.10 Å². The Morgan fingerprint density at radius 1 is 1.15 bits per heavy atom. The molecule has 1 aliphatic rings. The van der Waals surface area contributed by atoms with Gasteiger partial charge in [0.2, 0.25) is 0 Å². The summed E-state index contributed by atoms with van der Waals surface area (Å²) in [5, 5.41) is 8.90. The summed E-state index contributed by atoms with van der Waals surface area (Å²) in [4.78, 5) is 35.4. The maximum Gasteiger partial charge on any atom is 0.407 e. The molecule has 9 heteroatoms. The first kappa shape index (κ1) is 20.6. The quantitative estimate of drug-likeness (QED) is 0.573. The van der Waals surface area contributed by atoms with E-state index >= 15 is 0 Å². The number of ether oxygens (including phenoxy) is 2. The van der Waals surface area contributed by atoms with Crippen molar-refractivity contribution in [2.45, 2.75) is 38.7 Å². The lowest BCUT2D eigenvalue weighted by molar-refractivity contribution is -0.143. The molecule has 0 saturated carbocycles. The Bertz CT molecular complexity index is 693. The fourth-order valence-corrected chi connectivity index (χ4v) is 2.76. The van der Waals surface area contributed by atoms with E-state index in [1.807, 2.05) is 0 Å². The molecule has 1 aliphatic heterocycles. The molecule has 1 heterocycles. The number of piperidine rings is 1. The predicted octanol–water partition coefficient (Wildman–Crippen LogP) is 3.01. The lowest BCUT2D eigenvalue weighted by Gasteiger charge is -2.30. The minimum atomic E-state index is -1.04. The highest BCUT2D eigenvalue weighted by Crippen LogP contribution is 2.27. The number of Topliss-reactive ketones (excluding diaryl/α,β-unsaturated/α-hetero) is 1. The van der Waals surface area contributed by atoms with Crippen LogP contribution >= 0.6 is 0 Å². The summed E-state index contributed by atoms with van der Waals surface area (Å²) >= 11 is 0. The SMILES string of the molecule is CCOC(=O)CCC(=O)c1cc(F)c(OC2CCN(C(=O)O)CC2)c(F)c1. The van der Waals surface area contributed by atoms with Gasteiger partial charge in [-0.25, -0.2) is 13.6 Å². The Morgan fingerprint density at radius 3 is 2.26 bits per heavy atom. The molecule has 1 fully saturated rings. The molecule has 1 N–H and O–H groups in total. The zero-order chi connectivity index (χ0) is 20.0. The first-order valence-electron chi connectivity index (χ1n) is 8.64. The van der Waals surface area contributed by atoms with E-state index in [4.69, 9.17) is 14.6 Å². The van der Waals surface area contributed by atoms with Gasteiger partial charge in [-0.15, -0.1) is 0 Å². The molecule has 2 rings (SSSR count). The van der Waals surface area contributed by atoms with Crippen LogP contribution in [0.2, 0.25) is 0 Å². The largest absolute Gasteiger partial charge is 0.484 e. The highest BCUT2D eigenvalue weighted by Gasteiger charge is 2.26. The van der Waals surface area contributed by atoms with Gasteiger partial charge in [-0.2, -0.15) is 0 Å². The molecule has 1 aromatic rings. The molecule has 27 heavy (non-hydrogen) atoms. The van der Waals surface area contributed by atoms with Crippen LogP contribution < -0.4 is 4.74 Å². The number of nitrogens with zero attached hydrogens (tertiary/aromatic N) is 1. The molecule has 0 bridgehead atoms. The van der Waals surface area contributed by atoms with Crippen LogP contribution in [-0.4, -0.2) is 53.7 Å². The van der Waals surface area contributed by atoms with Crippen molar-refractivity contribution in [3.63, 3.8) is 0 Å². The summed E-state index contributed by atoms with van der Waals surface area (Å²) in [6.45, 7) is 2.25. The number of carboxylic acid groups (broad SMARTS) is 1. The van der Waals surface area contributed by atoms with Gasteiger partial charge in [-0.3, -0.25) is 9.59 Å². The highest BCUT2D eigenvalue weighted by atomic mass is 19.1. The third-order valence-corrected chi connectivity index (χ3v) is 4.18. The number of benzene rings is 1. The number of likely N-dealkylation sites (tertiary alicyclic amines) is 1. The van der Waals surface area contributed by atoms with Crippen LogP contribution in [-0.2, 0) is 9.53 Å². The Balaban J connectivity index is 1.99. The number of carbonyl (C=O) groups excluding carboxylic acids is 2. The van der Waals surface area contributed by atoms with Crippen LogP contribution in [0.5, 0.6) is 5.75 Å². The Hall–Kier alpha value is -2.71. The number of hydrogen-bond donors (Lipinski definition) is 1. The van der Waals surface area contributed by atoms with E-state index in [1.54, 1.807) is 6.92 Å². The number of ketones is 1. The average molecular weight is 385 g/mol. The number of hydrogen-bond acceptors (Lipinski definition) is 5. The van der Waals surface area contributed by atoms with Gasteiger partial charge in [-0.1, -0.05) is 0 Å². The van der Waals surface area contributed by atoms with Gasteiger partial charge in [0, 0.05) is 37.9 Å².